The quantitative estimate of drug-likeness (QED) is 0.884. The molecule has 0 aliphatic rings. The van der Waals surface area contributed by atoms with Gasteiger partial charge in [0.2, 0.25) is 0 Å². The molecule has 6 nitrogen and oxygen atoms in total. The molecule has 21 heavy (non-hydrogen) atoms. The van der Waals surface area contributed by atoms with Crippen molar-refractivity contribution in [2.45, 2.75) is 26.3 Å². The predicted molar refractivity (Wildman–Crippen MR) is 82.9 cm³/mol. The Bertz CT molecular complexity index is 609. The topological polar surface area (TPSA) is 68.2 Å². The van der Waals surface area contributed by atoms with E-state index < -0.39 is 0 Å². The third-order valence-electron chi connectivity index (χ3n) is 3.25. The summed E-state index contributed by atoms with van der Waals surface area (Å²) in [6.45, 7) is 4.13. The van der Waals surface area contributed by atoms with Gasteiger partial charge in [0, 0.05) is 17.8 Å². The maximum Gasteiger partial charge on any atom is 0.324 e. The first-order valence-electron chi connectivity index (χ1n) is 6.89. The van der Waals surface area contributed by atoms with Crippen LogP contribution in [0.5, 0.6) is 5.75 Å². The van der Waals surface area contributed by atoms with Crippen LogP contribution in [0.2, 0.25) is 0 Å². The molecule has 6 heteroatoms. The van der Waals surface area contributed by atoms with Gasteiger partial charge in [0.05, 0.1) is 19.3 Å². The van der Waals surface area contributed by atoms with Crippen LogP contribution in [0, 0.1) is 0 Å². The number of hydrogen-bond acceptors (Lipinski definition) is 3. The predicted octanol–water partition coefficient (Wildman–Crippen LogP) is 3.51. The summed E-state index contributed by atoms with van der Waals surface area (Å²) in [5.41, 5.74) is 0.668. The van der Waals surface area contributed by atoms with Crippen molar-refractivity contribution in [2.24, 2.45) is 0 Å². The van der Waals surface area contributed by atoms with Gasteiger partial charge in [-0.1, -0.05) is 13.0 Å². The maximum atomic E-state index is 12.0. The van der Waals surface area contributed by atoms with E-state index in [1.54, 1.807) is 36.2 Å². The monoisotopic (exact) mass is 288 g/mol. The Hall–Kier alpha value is -2.50. The molecule has 1 aromatic carbocycles. The molecule has 0 unspecified atom stereocenters. The number of aromatic nitrogens is 2. The Morgan fingerprint density at radius 3 is 2.90 bits per heavy atom. The molecule has 0 fully saturated rings. The Morgan fingerprint density at radius 1 is 1.38 bits per heavy atom. The zero-order valence-electron chi connectivity index (χ0n) is 12.5. The number of ether oxygens (including phenoxy) is 1. The van der Waals surface area contributed by atoms with Gasteiger partial charge in [-0.25, -0.2) is 9.48 Å². The molecular weight excluding hydrogens is 268 g/mol. The summed E-state index contributed by atoms with van der Waals surface area (Å²) < 4.78 is 6.92. The van der Waals surface area contributed by atoms with Crippen LogP contribution in [0.4, 0.5) is 16.3 Å². The van der Waals surface area contributed by atoms with E-state index in [1.807, 2.05) is 12.1 Å². The third-order valence-corrected chi connectivity index (χ3v) is 3.25. The number of anilines is 2. The number of hydrogen-bond donors (Lipinski definition) is 2. The highest BCUT2D eigenvalue weighted by molar-refractivity contribution is 5.99. The van der Waals surface area contributed by atoms with E-state index >= 15 is 0 Å². The van der Waals surface area contributed by atoms with Crippen LogP contribution in [0.25, 0.3) is 0 Å². The number of nitrogens with zero attached hydrogens (tertiary/aromatic N) is 2. The number of rotatable bonds is 5. The standard InChI is InChI=1S/C15H20N4O2/c1-4-11(2)19-14(8-9-16-19)18-15(20)17-12-6-5-7-13(10-12)21-3/h5-11H,4H2,1-3H3,(H2,17,18,20)/t11-/m0/s1. The van der Waals surface area contributed by atoms with Crippen LogP contribution < -0.4 is 15.4 Å². The van der Waals surface area contributed by atoms with Gasteiger partial charge in [-0.15, -0.1) is 0 Å². The lowest BCUT2D eigenvalue weighted by atomic mass is 10.3. The highest BCUT2D eigenvalue weighted by Crippen LogP contribution is 2.18. The van der Waals surface area contributed by atoms with Gasteiger partial charge in [-0.3, -0.25) is 5.32 Å². The molecule has 0 saturated heterocycles. The van der Waals surface area contributed by atoms with Crippen molar-refractivity contribution in [3.63, 3.8) is 0 Å². The number of nitrogens with one attached hydrogen (secondary N) is 2. The van der Waals surface area contributed by atoms with Crippen LogP contribution in [-0.2, 0) is 0 Å². The van der Waals surface area contributed by atoms with E-state index in [9.17, 15) is 4.79 Å². The molecule has 2 N–H and O–H groups in total. The fraction of sp³-hybridized carbons (Fsp3) is 0.333. The van der Waals surface area contributed by atoms with Gasteiger partial charge in [0.15, 0.2) is 0 Å². The maximum absolute atomic E-state index is 12.0. The van der Waals surface area contributed by atoms with Crippen molar-refractivity contribution in [2.75, 3.05) is 17.7 Å². The summed E-state index contributed by atoms with van der Waals surface area (Å²) in [5, 5.41) is 9.80. The zero-order valence-corrected chi connectivity index (χ0v) is 12.5. The molecule has 1 atom stereocenters. The van der Waals surface area contributed by atoms with Crippen LogP contribution in [-0.4, -0.2) is 22.9 Å². The lowest BCUT2D eigenvalue weighted by molar-refractivity contribution is 0.262. The van der Waals surface area contributed by atoms with E-state index in [2.05, 4.69) is 29.6 Å². The van der Waals surface area contributed by atoms with Crippen molar-refractivity contribution < 1.29 is 9.53 Å². The minimum atomic E-state index is -0.312. The Labute approximate surface area is 124 Å². The summed E-state index contributed by atoms with van der Waals surface area (Å²) in [4.78, 5) is 12.0. The van der Waals surface area contributed by atoms with Gasteiger partial charge in [0.25, 0.3) is 0 Å². The first-order valence-corrected chi connectivity index (χ1v) is 6.89. The Kier molecular flexibility index (Phi) is 4.81. The van der Waals surface area contributed by atoms with Crippen molar-refractivity contribution in [1.82, 2.24) is 9.78 Å². The molecule has 0 aliphatic heterocycles. The SMILES string of the molecule is CC[C@H](C)n1nccc1NC(=O)Nc1cccc(OC)c1. The van der Waals surface area contributed by atoms with Crippen LogP contribution in [0.1, 0.15) is 26.3 Å². The van der Waals surface area contributed by atoms with E-state index in [1.165, 1.54) is 0 Å². The molecule has 2 amide bonds. The molecule has 0 spiro atoms. The van der Waals surface area contributed by atoms with Gasteiger partial charge >= 0.3 is 6.03 Å². The molecule has 1 heterocycles. The Morgan fingerprint density at radius 2 is 2.19 bits per heavy atom. The fourth-order valence-electron chi connectivity index (χ4n) is 1.92. The number of amides is 2. The van der Waals surface area contributed by atoms with E-state index in [0.717, 1.165) is 6.42 Å². The van der Waals surface area contributed by atoms with Crippen LogP contribution in [0.3, 0.4) is 0 Å². The summed E-state index contributed by atoms with van der Waals surface area (Å²) in [6.07, 6.45) is 2.61. The molecule has 1 aromatic heterocycles. The average Bonchev–Trinajstić information content (AvgIpc) is 2.94. The van der Waals surface area contributed by atoms with Crippen LogP contribution in [0.15, 0.2) is 36.5 Å². The normalized spacial score (nSPS) is 11.8. The van der Waals surface area contributed by atoms with Crippen LogP contribution >= 0.6 is 0 Å². The second-order valence-electron chi connectivity index (χ2n) is 4.73. The first kappa shape index (κ1) is 14.9. The van der Waals surface area contributed by atoms with Gasteiger partial charge in [-0.05, 0) is 25.5 Å². The van der Waals surface area contributed by atoms with Gasteiger partial charge < -0.3 is 10.1 Å². The van der Waals surface area contributed by atoms with Gasteiger partial charge in [-0.2, -0.15) is 5.10 Å². The second-order valence-corrected chi connectivity index (χ2v) is 4.73. The summed E-state index contributed by atoms with van der Waals surface area (Å²) in [7, 11) is 1.59. The Balaban J connectivity index is 2.03. The van der Waals surface area contributed by atoms with Crippen molar-refractivity contribution in [3.8, 4) is 5.75 Å². The van der Waals surface area contributed by atoms with E-state index in [0.29, 0.717) is 17.3 Å². The second kappa shape index (κ2) is 6.78. The lowest BCUT2D eigenvalue weighted by Gasteiger charge is -2.14. The third kappa shape index (κ3) is 3.75. The minimum Gasteiger partial charge on any atom is -0.497 e. The molecule has 0 radical (unpaired) electrons. The molecule has 112 valence electrons. The minimum absolute atomic E-state index is 0.229. The largest absolute Gasteiger partial charge is 0.497 e. The van der Waals surface area contributed by atoms with E-state index in [-0.39, 0.29) is 12.1 Å². The lowest BCUT2D eigenvalue weighted by Crippen LogP contribution is -2.22. The highest BCUT2D eigenvalue weighted by atomic mass is 16.5. The van der Waals surface area contributed by atoms with Crippen molar-refractivity contribution in [3.05, 3.63) is 36.5 Å². The summed E-state index contributed by atoms with van der Waals surface area (Å²) in [6, 6.07) is 8.89. The van der Waals surface area contributed by atoms with E-state index in [4.69, 9.17) is 4.74 Å². The number of methoxy groups -OCH3 is 1. The molecule has 2 aromatic rings. The first-order chi connectivity index (χ1) is 10.1. The number of urea groups is 1. The summed E-state index contributed by atoms with van der Waals surface area (Å²) in [5.74, 6) is 1.36. The number of benzene rings is 1. The number of carbonyl (C=O) groups excluding carboxylic acids is 1. The summed E-state index contributed by atoms with van der Waals surface area (Å²) >= 11 is 0. The molecule has 0 saturated carbocycles. The highest BCUT2D eigenvalue weighted by Gasteiger charge is 2.11. The van der Waals surface area contributed by atoms with Crippen molar-refractivity contribution in [1.29, 1.82) is 0 Å². The average molecular weight is 288 g/mol. The van der Waals surface area contributed by atoms with Gasteiger partial charge in [0.1, 0.15) is 11.6 Å². The molecular formula is C15H20N4O2. The number of carbonyl (C=O) groups is 1. The smallest absolute Gasteiger partial charge is 0.324 e. The zero-order chi connectivity index (χ0) is 15.2. The molecule has 2 rings (SSSR count). The fourth-order valence-corrected chi connectivity index (χ4v) is 1.92. The molecule has 0 aliphatic carbocycles. The van der Waals surface area contributed by atoms with Crippen molar-refractivity contribution >= 4 is 17.5 Å². The molecule has 0 bridgehead atoms.